The Hall–Kier alpha value is -4.36. The smallest absolute Gasteiger partial charge is 0.135 e. The number of aromatic nitrogens is 5. The molecule has 0 spiro atoms. The lowest BCUT2D eigenvalue weighted by Gasteiger charge is -2.14. The van der Waals surface area contributed by atoms with Crippen LogP contribution >= 0.6 is 0 Å². The van der Waals surface area contributed by atoms with Gasteiger partial charge < -0.3 is 4.98 Å². The fourth-order valence-corrected chi connectivity index (χ4v) is 5.24. The van der Waals surface area contributed by atoms with Gasteiger partial charge in [0.25, 0.3) is 0 Å². The Morgan fingerprint density at radius 2 is 1.90 bits per heavy atom. The first kappa shape index (κ1) is 27.2. The van der Waals surface area contributed by atoms with E-state index in [0.29, 0.717) is 0 Å². The number of pyridine rings is 2. The van der Waals surface area contributed by atoms with Gasteiger partial charge in [-0.2, -0.15) is 5.10 Å². The topological polar surface area (TPSA) is 73.5 Å². The van der Waals surface area contributed by atoms with Gasteiger partial charge in [0.1, 0.15) is 17.0 Å². The lowest BCUT2D eigenvalue weighted by Crippen LogP contribution is -2.18. The Balaban J connectivity index is 0.00000158. The molecule has 1 fully saturated rings. The van der Waals surface area contributed by atoms with Crippen molar-refractivity contribution in [1.29, 1.82) is 0 Å². The molecule has 6 rings (SSSR count). The van der Waals surface area contributed by atoms with Crippen molar-refractivity contribution in [3.63, 3.8) is 0 Å². The largest absolute Gasteiger partial charge is 0.357 e. The standard InChI is InChI=1S/C31H29FN6.C2H6/c1-3-7-25(22-8-6-9-24(32)15-22)26-16-29(34-20(26)2)31-30-28(36-37-31)11-10-27(35-30)23-14-21(17-33-18-23)19-38-12-4-5-13-38;1-2/h3,6-11,14-18,34H,1,4-5,12-13,19H2,2H3,(H,36,37);1-2H3/b25-7-;. The third-order valence-corrected chi connectivity index (χ3v) is 7.08. The molecule has 6 nitrogen and oxygen atoms in total. The fraction of sp³-hybridized carbons (Fsp3) is 0.242. The summed E-state index contributed by atoms with van der Waals surface area (Å²) in [6.07, 6.45) is 9.96. The van der Waals surface area contributed by atoms with Crippen LogP contribution in [0, 0.1) is 12.7 Å². The number of hydrogen-bond acceptors (Lipinski definition) is 4. The Morgan fingerprint density at radius 3 is 2.67 bits per heavy atom. The molecule has 0 radical (unpaired) electrons. The van der Waals surface area contributed by atoms with Crippen LogP contribution in [0.15, 0.2) is 79.7 Å². The van der Waals surface area contributed by atoms with E-state index in [-0.39, 0.29) is 5.82 Å². The number of H-pyrrole nitrogens is 2. The van der Waals surface area contributed by atoms with Crippen molar-refractivity contribution in [2.75, 3.05) is 13.1 Å². The van der Waals surface area contributed by atoms with Crippen molar-refractivity contribution in [1.82, 2.24) is 30.0 Å². The third-order valence-electron chi connectivity index (χ3n) is 7.08. The van der Waals surface area contributed by atoms with Gasteiger partial charge in [-0.25, -0.2) is 9.37 Å². The highest BCUT2D eigenvalue weighted by Gasteiger charge is 2.18. The van der Waals surface area contributed by atoms with Crippen molar-refractivity contribution < 1.29 is 4.39 Å². The second-order valence-corrected chi connectivity index (χ2v) is 9.78. The van der Waals surface area contributed by atoms with Gasteiger partial charge in [0, 0.05) is 35.8 Å². The molecule has 5 heterocycles. The number of nitrogens with one attached hydrogen (secondary N) is 2. The van der Waals surface area contributed by atoms with Gasteiger partial charge in [-0.1, -0.05) is 44.7 Å². The van der Waals surface area contributed by atoms with Crippen LogP contribution in [0.4, 0.5) is 4.39 Å². The van der Waals surface area contributed by atoms with Crippen molar-refractivity contribution in [3.05, 3.63) is 108 Å². The average Bonchev–Trinajstić information content (AvgIpc) is 3.73. The van der Waals surface area contributed by atoms with E-state index in [0.717, 1.165) is 75.7 Å². The number of nitrogens with zero attached hydrogens (tertiary/aromatic N) is 4. The lowest BCUT2D eigenvalue weighted by atomic mass is 9.97. The highest BCUT2D eigenvalue weighted by Crippen LogP contribution is 2.33. The third kappa shape index (κ3) is 5.65. The summed E-state index contributed by atoms with van der Waals surface area (Å²) >= 11 is 0. The van der Waals surface area contributed by atoms with Crippen molar-refractivity contribution in [2.24, 2.45) is 0 Å². The number of likely N-dealkylation sites (tertiary alicyclic amines) is 1. The van der Waals surface area contributed by atoms with Crippen LogP contribution in [0.3, 0.4) is 0 Å². The zero-order valence-corrected chi connectivity index (χ0v) is 23.3. The van der Waals surface area contributed by atoms with E-state index >= 15 is 0 Å². The van der Waals surface area contributed by atoms with Crippen molar-refractivity contribution in [2.45, 2.75) is 40.2 Å². The molecule has 0 amide bonds. The number of aryl methyl sites for hydroxylation is 1. The maximum absolute atomic E-state index is 14.0. The fourth-order valence-electron chi connectivity index (χ4n) is 5.24. The van der Waals surface area contributed by atoms with E-state index in [4.69, 9.17) is 4.98 Å². The van der Waals surface area contributed by atoms with Crippen LogP contribution in [0.5, 0.6) is 0 Å². The van der Waals surface area contributed by atoms with E-state index in [1.807, 2.05) is 63.5 Å². The Kier molecular flexibility index (Phi) is 8.31. The first-order valence-electron chi connectivity index (χ1n) is 13.9. The van der Waals surface area contributed by atoms with E-state index in [1.165, 1.54) is 30.5 Å². The van der Waals surface area contributed by atoms with Gasteiger partial charge in [-0.3, -0.25) is 15.0 Å². The molecule has 1 saturated heterocycles. The van der Waals surface area contributed by atoms with E-state index < -0.39 is 0 Å². The number of allylic oxidation sites excluding steroid dienone is 2. The van der Waals surface area contributed by atoms with Gasteiger partial charge in [0.15, 0.2) is 0 Å². The quantitative estimate of drug-likeness (QED) is 0.210. The summed E-state index contributed by atoms with van der Waals surface area (Å²) in [7, 11) is 0. The van der Waals surface area contributed by atoms with Gasteiger partial charge in [0.05, 0.1) is 16.9 Å². The molecule has 4 aromatic heterocycles. The van der Waals surface area contributed by atoms with Crippen LogP contribution in [-0.2, 0) is 6.54 Å². The first-order valence-corrected chi connectivity index (χ1v) is 13.9. The van der Waals surface area contributed by atoms with Gasteiger partial charge in [0.2, 0.25) is 0 Å². The summed E-state index contributed by atoms with van der Waals surface area (Å²) in [5, 5.41) is 7.70. The Bertz CT molecular complexity index is 1650. The highest BCUT2D eigenvalue weighted by atomic mass is 19.1. The molecule has 5 aromatic rings. The molecule has 0 saturated carbocycles. The number of benzene rings is 1. The molecule has 1 aromatic carbocycles. The van der Waals surface area contributed by atoms with Gasteiger partial charge >= 0.3 is 0 Å². The zero-order chi connectivity index (χ0) is 28.1. The summed E-state index contributed by atoms with van der Waals surface area (Å²) in [6.45, 7) is 13.1. The lowest BCUT2D eigenvalue weighted by molar-refractivity contribution is 0.331. The SMILES string of the molecule is C=C/C=C(/c1cccc(F)c1)c1cc(-c2n[nH]c3ccc(-c4cncc(CN5CCCC5)c4)nc23)[nH]c1C.CC. The number of hydrogen-bond donors (Lipinski definition) is 2. The number of fused-ring (bicyclic) bond motifs is 1. The Labute approximate surface area is 234 Å². The molecule has 0 unspecified atom stereocenters. The normalized spacial score (nSPS) is 13.8. The van der Waals surface area contributed by atoms with Crippen LogP contribution in [0.2, 0.25) is 0 Å². The molecule has 0 atom stereocenters. The molecule has 7 heteroatoms. The molecule has 0 bridgehead atoms. The van der Waals surface area contributed by atoms with Crippen molar-refractivity contribution in [3.8, 4) is 22.6 Å². The van der Waals surface area contributed by atoms with E-state index in [1.54, 1.807) is 12.1 Å². The minimum absolute atomic E-state index is 0.278. The van der Waals surface area contributed by atoms with Crippen LogP contribution in [0.1, 0.15) is 49.1 Å². The average molecular weight is 535 g/mol. The number of rotatable bonds is 7. The zero-order valence-electron chi connectivity index (χ0n) is 23.3. The maximum atomic E-state index is 14.0. The summed E-state index contributed by atoms with van der Waals surface area (Å²) in [5.41, 5.74) is 9.80. The number of halogens is 1. The van der Waals surface area contributed by atoms with Crippen molar-refractivity contribution >= 4 is 16.6 Å². The maximum Gasteiger partial charge on any atom is 0.135 e. The van der Waals surface area contributed by atoms with Gasteiger partial charge in [-0.15, -0.1) is 0 Å². The van der Waals surface area contributed by atoms with Gasteiger partial charge in [-0.05, 0) is 86.0 Å². The molecule has 1 aliphatic heterocycles. The number of aromatic amines is 2. The molecule has 204 valence electrons. The summed E-state index contributed by atoms with van der Waals surface area (Å²) in [4.78, 5) is 15.4. The summed E-state index contributed by atoms with van der Waals surface area (Å²) in [6, 6.07) is 14.8. The molecule has 2 N–H and O–H groups in total. The second kappa shape index (κ2) is 12.2. The highest BCUT2D eigenvalue weighted by molar-refractivity contribution is 5.92. The van der Waals surface area contributed by atoms with E-state index in [2.05, 4.69) is 37.7 Å². The summed E-state index contributed by atoms with van der Waals surface area (Å²) < 4.78 is 14.0. The molecular formula is C33H35FN6. The first-order chi connectivity index (χ1) is 19.6. The minimum Gasteiger partial charge on any atom is -0.357 e. The monoisotopic (exact) mass is 534 g/mol. The molecule has 40 heavy (non-hydrogen) atoms. The predicted octanol–water partition coefficient (Wildman–Crippen LogP) is 7.70. The van der Waals surface area contributed by atoms with Crippen LogP contribution in [0.25, 0.3) is 39.3 Å². The molecule has 1 aliphatic rings. The Morgan fingerprint density at radius 1 is 1.07 bits per heavy atom. The molecular weight excluding hydrogens is 499 g/mol. The second-order valence-electron chi connectivity index (χ2n) is 9.78. The van der Waals surface area contributed by atoms with Crippen LogP contribution < -0.4 is 0 Å². The van der Waals surface area contributed by atoms with Crippen LogP contribution in [-0.4, -0.2) is 43.1 Å². The molecule has 0 aliphatic carbocycles. The van der Waals surface area contributed by atoms with E-state index in [9.17, 15) is 4.39 Å². The predicted molar refractivity (Wildman–Crippen MR) is 161 cm³/mol. The summed E-state index contributed by atoms with van der Waals surface area (Å²) in [5.74, 6) is -0.278. The minimum atomic E-state index is -0.278.